The van der Waals surface area contributed by atoms with Crippen LogP contribution in [0.1, 0.15) is 58.3 Å². The van der Waals surface area contributed by atoms with Crippen molar-refractivity contribution in [3.8, 4) is 0 Å². The molecule has 23 heavy (non-hydrogen) atoms. The first kappa shape index (κ1) is 17.7. The smallest absolute Gasteiger partial charge is 0.0881 e. The summed E-state index contributed by atoms with van der Waals surface area (Å²) in [7, 11) is 8.37. The van der Waals surface area contributed by atoms with Crippen LogP contribution in [-0.2, 0) is 9.47 Å². The SMILES string of the molecule is CC[C@H]1CC[C@@H]2[C@H](CC[C@@]3(N(C)C)CC[C@@H](OC)[C@@H](OC)[C@H]23)C1. The molecule has 0 aromatic heterocycles. The Bertz CT molecular complexity index is 399. The number of hydrogen-bond donors (Lipinski definition) is 0. The van der Waals surface area contributed by atoms with Gasteiger partial charge in [0.05, 0.1) is 12.2 Å². The van der Waals surface area contributed by atoms with Crippen LogP contribution in [0.4, 0.5) is 0 Å². The molecule has 0 saturated heterocycles. The van der Waals surface area contributed by atoms with Gasteiger partial charge in [-0.15, -0.1) is 0 Å². The van der Waals surface area contributed by atoms with Crippen molar-refractivity contribution in [1.82, 2.24) is 4.90 Å². The lowest BCUT2D eigenvalue weighted by Gasteiger charge is -2.61. The summed E-state index contributed by atoms with van der Waals surface area (Å²) in [5.74, 6) is 3.35. The van der Waals surface area contributed by atoms with Crippen LogP contribution in [0, 0.1) is 23.7 Å². The van der Waals surface area contributed by atoms with Gasteiger partial charge in [-0.2, -0.15) is 0 Å². The second-order valence-corrected chi connectivity index (χ2v) is 8.59. The molecule has 3 fully saturated rings. The minimum Gasteiger partial charge on any atom is -0.379 e. The molecule has 3 heteroatoms. The van der Waals surface area contributed by atoms with Gasteiger partial charge in [0, 0.05) is 25.7 Å². The lowest BCUT2D eigenvalue weighted by molar-refractivity contribution is -0.183. The van der Waals surface area contributed by atoms with E-state index in [1.807, 2.05) is 14.2 Å². The lowest BCUT2D eigenvalue weighted by Crippen LogP contribution is -2.66. The van der Waals surface area contributed by atoms with Gasteiger partial charge < -0.3 is 14.4 Å². The third kappa shape index (κ3) is 2.87. The van der Waals surface area contributed by atoms with Crippen LogP contribution in [0.15, 0.2) is 0 Å². The first-order valence-corrected chi connectivity index (χ1v) is 9.80. The van der Waals surface area contributed by atoms with E-state index in [0.717, 1.165) is 24.2 Å². The van der Waals surface area contributed by atoms with E-state index in [0.29, 0.717) is 11.5 Å². The molecular formula is C20H37NO2. The van der Waals surface area contributed by atoms with Gasteiger partial charge in [-0.25, -0.2) is 0 Å². The van der Waals surface area contributed by atoms with E-state index in [9.17, 15) is 0 Å². The Morgan fingerprint density at radius 3 is 2.35 bits per heavy atom. The molecule has 3 saturated carbocycles. The van der Waals surface area contributed by atoms with Crippen molar-refractivity contribution in [2.45, 2.75) is 76.0 Å². The van der Waals surface area contributed by atoms with Gasteiger partial charge in [0.1, 0.15) is 0 Å². The molecule has 7 atom stereocenters. The monoisotopic (exact) mass is 323 g/mol. The topological polar surface area (TPSA) is 21.7 Å². The summed E-state index contributed by atoms with van der Waals surface area (Å²) in [6.07, 6.45) is 11.4. The standard InChI is InChI=1S/C20H37NO2/c1-6-14-7-8-16-15(13-14)9-11-20(21(2)3)12-10-17(22-4)19(23-5)18(16)20/h14-19H,6-13H2,1-5H3/t14-,15+,16+,17+,18-,19+,20+/m0/s1. The molecule has 0 spiro atoms. The molecule has 0 aromatic rings. The Balaban J connectivity index is 1.91. The molecule has 134 valence electrons. The molecule has 0 bridgehead atoms. The quantitative estimate of drug-likeness (QED) is 0.781. The van der Waals surface area contributed by atoms with Crippen molar-refractivity contribution in [1.29, 1.82) is 0 Å². The molecule has 0 unspecified atom stereocenters. The average molecular weight is 324 g/mol. The van der Waals surface area contributed by atoms with Gasteiger partial charge in [0.15, 0.2) is 0 Å². The molecule has 0 aliphatic heterocycles. The minimum absolute atomic E-state index is 0.266. The van der Waals surface area contributed by atoms with Crippen LogP contribution >= 0.6 is 0 Å². The van der Waals surface area contributed by atoms with E-state index < -0.39 is 0 Å². The van der Waals surface area contributed by atoms with Gasteiger partial charge in [-0.3, -0.25) is 0 Å². The molecule has 0 amide bonds. The highest BCUT2D eigenvalue weighted by molar-refractivity contribution is 5.10. The number of hydrogen-bond acceptors (Lipinski definition) is 3. The maximum atomic E-state index is 6.09. The summed E-state index contributed by atoms with van der Waals surface area (Å²) in [6.45, 7) is 2.37. The normalized spacial score (nSPS) is 47.2. The van der Waals surface area contributed by atoms with Crippen molar-refractivity contribution >= 4 is 0 Å². The maximum Gasteiger partial charge on any atom is 0.0881 e. The minimum atomic E-state index is 0.266. The largest absolute Gasteiger partial charge is 0.379 e. The van der Waals surface area contributed by atoms with Crippen molar-refractivity contribution in [2.75, 3.05) is 28.3 Å². The Kier molecular flexibility index (Phi) is 5.40. The van der Waals surface area contributed by atoms with Gasteiger partial charge in [0.25, 0.3) is 0 Å². The highest BCUT2D eigenvalue weighted by Gasteiger charge is 2.58. The van der Waals surface area contributed by atoms with Gasteiger partial charge in [0.2, 0.25) is 0 Å². The van der Waals surface area contributed by atoms with Gasteiger partial charge in [-0.05, 0) is 70.4 Å². The van der Waals surface area contributed by atoms with Crippen molar-refractivity contribution in [3.05, 3.63) is 0 Å². The lowest BCUT2D eigenvalue weighted by atomic mass is 9.51. The van der Waals surface area contributed by atoms with E-state index in [1.54, 1.807) is 0 Å². The van der Waals surface area contributed by atoms with E-state index in [4.69, 9.17) is 9.47 Å². The fraction of sp³-hybridized carbons (Fsp3) is 1.00. The second-order valence-electron chi connectivity index (χ2n) is 8.59. The molecule has 0 N–H and O–H groups in total. The maximum absolute atomic E-state index is 6.09. The molecule has 3 rings (SSSR count). The number of methoxy groups -OCH3 is 2. The molecule has 0 heterocycles. The van der Waals surface area contributed by atoms with E-state index in [2.05, 4.69) is 25.9 Å². The molecule has 3 aliphatic rings. The third-order valence-electron chi connectivity index (χ3n) is 7.80. The van der Waals surface area contributed by atoms with Crippen LogP contribution in [0.3, 0.4) is 0 Å². The Labute approximate surface area is 143 Å². The van der Waals surface area contributed by atoms with E-state index in [1.165, 1.54) is 44.9 Å². The molecule has 0 aromatic carbocycles. The van der Waals surface area contributed by atoms with E-state index in [-0.39, 0.29) is 12.2 Å². The van der Waals surface area contributed by atoms with Crippen LogP contribution in [-0.4, -0.2) is 51.0 Å². The van der Waals surface area contributed by atoms with Crippen LogP contribution in [0.5, 0.6) is 0 Å². The number of nitrogens with zero attached hydrogens (tertiary/aromatic N) is 1. The Hall–Kier alpha value is -0.120. The second kappa shape index (κ2) is 7.01. The summed E-state index contributed by atoms with van der Waals surface area (Å²) >= 11 is 0. The fourth-order valence-corrected chi connectivity index (χ4v) is 6.49. The van der Waals surface area contributed by atoms with Crippen molar-refractivity contribution < 1.29 is 9.47 Å². The predicted molar refractivity (Wildman–Crippen MR) is 94.6 cm³/mol. The first-order valence-electron chi connectivity index (χ1n) is 9.80. The van der Waals surface area contributed by atoms with E-state index >= 15 is 0 Å². The fourth-order valence-electron chi connectivity index (χ4n) is 6.49. The van der Waals surface area contributed by atoms with Gasteiger partial charge in [-0.1, -0.05) is 19.8 Å². The molecule has 3 aliphatic carbocycles. The van der Waals surface area contributed by atoms with Gasteiger partial charge >= 0.3 is 0 Å². The molecule has 0 radical (unpaired) electrons. The highest BCUT2D eigenvalue weighted by atomic mass is 16.5. The van der Waals surface area contributed by atoms with Crippen molar-refractivity contribution in [2.24, 2.45) is 23.7 Å². The average Bonchev–Trinajstić information content (AvgIpc) is 2.59. The van der Waals surface area contributed by atoms with Crippen LogP contribution in [0.2, 0.25) is 0 Å². The molecular weight excluding hydrogens is 286 g/mol. The van der Waals surface area contributed by atoms with Crippen molar-refractivity contribution in [3.63, 3.8) is 0 Å². The third-order valence-corrected chi connectivity index (χ3v) is 7.80. The summed E-state index contributed by atoms with van der Waals surface area (Å²) in [6, 6.07) is 0. The summed E-state index contributed by atoms with van der Waals surface area (Å²) in [5.41, 5.74) is 0.329. The number of ether oxygens (including phenoxy) is 2. The summed E-state index contributed by atoms with van der Waals surface area (Å²) in [5, 5.41) is 0. The Morgan fingerprint density at radius 1 is 1.00 bits per heavy atom. The highest BCUT2D eigenvalue weighted by Crippen LogP contribution is 2.57. The summed E-state index contributed by atoms with van der Waals surface area (Å²) in [4.78, 5) is 2.54. The Morgan fingerprint density at radius 2 is 1.74 bits per heavy atom. The molecule has 3 nitrogen and oxygen atoms in total. The number of rotatable bonds is 4. The first-order chi connectivity index (χ1) is 11.1. The van der Waals surface area contributed by atoms with Crippen LogP contribution < -0.4 is 0 Å². The predicted octanol–water partition coefficient (Wildman–Crippen LogP) is 3.96. The zero-order valence-electron chi connectivity index (χ0n) is 15.9. The van der Waals surface area contributed by atoms with Crippen LogP contribution in [0.25, 0.3) is 0 Å². The zero-order chi connectivity index (χ0) is 16.6. The number of fused-ring (bicyclic) bond motifs is 3. The summed E-state index contributed by atoms with van der Waals surface area (Å²) < 4.78 is 11.9. The zero-order valence-corrected chi connectivity index (χ0v) is 15.9.